The second-order valence-corrected chi connectivity index (χ2v) is 4.14. The minimum absolute atomic E-state index is 0.0990. The van der Waals surface area contributed by atoms with Gasteiger partial charge in [-0.05, 0) is 31.2 Å². The Hall–Kier alpha value is -2.82. The van der Waals surface area contributed by atoms with E-state index in [-0.39, 0.29) is 11.3 Å². The van der Waals surface area contributed by atoms with Crippen LogP contribution in [-0.2, 0) is 4.79 Å². The number of hydrogen-bond donors (Lipinski definition) is 1. The molecule has 100 valence electrons. The highest BCUT2D eigenvalue weighted by Gasteiger charge is 2.06. The molecule has 5 heteroatoms. The summed E-state index contributed by atoms with van der Waals surface area (Å²) >= 11 is 0. The highest BCUT2D eigenvalue weighted by Crippen LogP contribution is 2.20. The Bertz CT molecular complexity index is 663. The Morgan fingerprint density at radius 1 is 1.30 bits per heavy atom. The number of benzene rings is 1. The zero-order chi connectivity index (χ0) is 14.5. The van der Waals surface area contributed by atoms with E-state index in [9.17, 15) is 4.79 Å². The van der Waals surface area contributed by atoms with Gasteiger partial charge in [-0.15, -0.1) is 0 Å². The molecule has 2 rings (SSSR count). The Labute approximate surface area is 116 Å². The van der Waals surface area contributed by atoms with Gasteiger partial charge in [-0.1, -0.05) is 6.58 Å². The summed E-state index contributed by atoms with van der Waals surface area (Å²) < 4.78 is 5.54. The van der Waals surface area contributed by atoms with Gasteiger partial charge < -0.3 is 4.74 Å². The maximum absolute atomic E-state index is 10.6. The van der Waals surface area contributed by atoms with Gasteiger partial charge in [0.2, 0.25) is 5.88 Å². The van der Waals surface area contributed by atoms with E-state index in [4.69, 9.17) is 10.1 Å². The molecular weight excluding hydrogens is 254 g/mol. The van der Waals surface area contributed by atoms with Gasteiger partial charge in [0.1, 0.15) is 5.75 Å². The molecular formula is C15H13N3O2. The molecule has 0 saturated carbocycles. The fraction of sp³-hybridized carbons (Fsp3) is 0.0667. The summed E-state index contributed by atoms with van der Waals surface area (Å²) in [7, 11) is 0. The average molecular weight is 267 g/mol. The van der Waals surface area contributed by atoms with Crippen LogP contribution in [0.5, 0.6) is 11.6 Å². The molecule has 1 heterocycles. The minimum Gasteiger partial charge on any atom is -0.437 e. The van der Waals surface area contributed by atoms with E-state index in [0.717, 1.165) is 5.69 Å². The van der Waals surface area contributed by atoms with E-state index >= 15 is 0 Å². The molecule has 0 fully saturated rings. The van der Waals surface area contributed by atoms with Gasteiger partial charge in [0, 0.05) is 17.3 Å². The van der Waals surface area contributed by atoms with Crippen molar-refractivity contribution in [2.24, 2.45) is 0 Å². The fourth-order valence-corrected chi connectivity index (χ4v) is 1.54. The molecule has 5 nitrogen and oxygen atoms in total. The van der Waals surface area contributed by atoms with Crippen LogP contribution >= 0.6 is 0 Å². The second kappa shape index (κ2) is 5.88. The van der Waals surface area contributed by atoms with Gasteiger partial charge in [-0.2, -0.15) is 0 Å². The molecule has 0 aliphatic heterocycles. The normalized spacial score (nSPS) is 9.85. The lowest BCUT2D eigenvalue weighted by Gasteiger charge is -2.06. The number of nitrogens with one attached hydrogen (secondary N) is 1. The third-order valence-electron chi connectivity index (χ3n) is 2.56. The van der Waals surface area contributed by atoms with Crippen LogP contribution in [0.4, 0.5) is 0 Å². The van der Waals surface area contributed by atoms with Crippen LogP contribution in [0.3, 0.4) is 0 Å². The van der Waals surface area contributed by atoms with Crippen LogP contribution < -0.4 is 4.74 Å². The largest absolute Gasteiger partial charge is 0.437 e. The predicted molar refractivity (Wildman–Crippen MR) is 75.3 cm³/mol. The van der Waals surface area contributed by atoms with E-state index in [2.05, 4.69) is 16.5 Å². The summed E-state index contributed by atoms with van der Waals surface area (Å²) in [6.07, 6.45) is 3.73. The summed E-state index contributed by atoms with van der Waals surface area (Å²) in [6, 6.07) is 6.78. The Morgan fingerprint density at radius 2 is 2.00 bits per heavy atom. The molecule has 1 aromatic carbocycles. The number of hydrogen-bond acceptors (Lipinski definition) is 5. The van der Waals surface area contributed by atoms with E-state index < -0.39 is 0 Å². The first-order valence-corrected chi connectivity index (χ1v) is 5.90. The van der Waals surface area contributed by atoms with Crippen molar-refractivity contribution in [3.63, 3.8) is 0 Å². The lowest BCUT2D eigenvalue weighted by molar-refractivity contribution is -0.104. The second-order valence-electron chi connectivity index (χ2n) is 4.14. The molecule has 0 amide bonds. The summed E-state index contributed by atoms with van der Waals surface area (Å²) in [5, 5.41) is 7.76. The number of carbonyl (C=O) groups is 1. The molecule has 0 radical (unpaired) electrons. The molecule has 0 unspecified atom stereocenters. The molecule has 0 aliphatic rings. The maximum atomic E-state index is 10.6. The van der Waals surface area contributed by atoms with Gasteiger partial charge in [0.05, 0.1) is 17.6 Å². The van der Waals surface area contributed by atoms with Gasteiger partial charge in [-0.3, -0.25) is 15.2 Å². The number of nitrogens with zero attached hydrogens (tertiary/aromatic N) is 2. The third kappa shape index (κ3) is 3.14. The summed E-state index contributed by atoms with van der Waals surface area (Å²) in [5.74, 6) is 0.989. The Balaban J connectivity index is 2.14. The van der Waals surface area contributed by atoms with Crippen LogP contribution in [0.15, 0.2) is 48.8 Å². The zero-order valence-corrected chi connectivity index (χ0v) is 11.0. The molecule has 0 atom stereocenters. The summed E-state index contributed by atoms with van der Waals surface area (Å²) in [6.45, 7) is 5.34. The number of ether oxygens (including phenoxy) is 1. The maximum Gasteiger partial charge on any atom is 0.238 e. The summed E-state index contributed by atoms with van der Waals surface area (Å²) in [5.41, 5.74) is 1.61. The van der Waals surface area contributed by atoms with Crippen molar-refractivity contribution >= 4 is 12.0 Å². The number of aldehydes is 1. The van der Waals surface area contributed by atoms with Crippen molar-refractivity contribution in [2.75, 3.05) is 0 Å². The summed E-state index contributed by atoms with van der Waals surface area (Å²) in [4.78, 5) is 18.7. The topological polar surface area (TPSA) is 75.9 Å². The first-order chi connectivity index (χ1) is 9.60. The van der Waals surface area contributed by atoms with Crippen LogP contribution in [0.25, 0.3) is 0 Å². The standard InChI is InChI=1S/C15H13N3O2/c1-10(9-19)15(16)12-3-5-13(6-4-12)20-14-8-17-7-11(2)18-14/h3-9,16H,1H2,2H3. The van der Waals surface area contributed by atoms with Crippen LogP contribution in [0.1, 0.15) is 11.3 Å². The van der Waals surface area contributed by atoms with E-state index in [1.165, 1.54) is 6.20 Å². The Morgan fingerprint density at radius 3 is 2.60 bits per heavy atom. The zero-order valence-electron chi connectivity index (χ0n) is 11.0. The SMILES string of the molecule is C=C(C=O)C(=N)c1ccc(Oc2cncc(C)n2)cc1. The molecule has 1 N–H and O–H groups in total. The fourth-order valence-electron chi connectivity index (χ4n) is 1.54. The smallest absolute Gasteiger partial charge is 0.238 e. The highest BCUT2D eigenvalue weighted by atomic mass is 16.5. The van der Waals surface area contributed by atoms with E-state index in [0.29, 0.717) is 23.5 Å². The van der Waals surface area contributed by atoms with Crippen LogP contribution in [0.2, 0.25) is 0 Å². The van der Waals surface area contributed by atoms with Gasteiger partial charge in [-0.25, -0.2) is 4.98 Å². The van der Waals surface area contributed by atoms with Crippen LogP contribution in [0, 0.1) is 12.3 Å². The molecule has 1 aromatic heterocycles. The first kappa shape index (κ1) is 13.6. The number of allylic oxidation sites excluding steroid dienone is 1. The molecule has 0 saturated heterocycles. The Kier molecular flexibility index (Phi) is 4.00. The van der Waals surface area contributed by atoms with Gasteiger partial charge in [0.15, 0.2) is 6.29 Å². The molecule has 20 heavy (non-hydrogen) atoms. The van der Waals surface area contributed by atoms with Crippen molar-refractivity contribution in [1.29, 1.82) is 5.41 Å². The third-order valence-corrected chi connectivity index (χ3v) is 2.56. The van der Waals surface area contributed by atoms with E-state index in [1.54, 1.807) is 30.5 Å². The quantitative estimate of drug-likeness (QED) is 0.513. The number of rotatable bonds is 5. The van der Waals surface area contributed by atoms with Crippen LogP contribution in [-0.4, -0.2) is 22.0 Å². The van der Waals surface area contributed by atoms with Crippen molar-refractivity contribution in [3.8, 4) is 11.6 Å². The van der Waals surface area contributed by atoms with Crippen molar-refractivity contribution < 1.29 is 9.53 Å². The van der Waals surface area contributed by atoms with Gasteiger partial charge in [0.25, 0.3) is 0 Å². The number of aryl methyl sites for hydroxylation is 1. The van der Waals surface area contributed by atoms with Gasteiger partial charge >= 0.3 is 0 Å². The predicted octanol–water partition coefficient (Wildman–Crippen LogP) is 2.70. The lowest BCUT2D eigenvalue weighted by Crippen LogP contribution is -2.03. The average Bonchev–Trinajstić information content (AvgIpc) is 2.46. The monoisotopic (exact) mass is 267 g/mol. The van der Waals surface area contributed by atoms with E-state index in [1.807, 2.05) is 6.92 Å². The molecule has 0 aliphatic carbocycles. The van der Waals surface area contributed by atoms with Crippen molar-refractivity contribution in [1.82, 2.24) is 9.97 Å². The molecule has 0 bridgehead atoms. The first-order valence-electron chi connectivity index (χ1n) is 5.90. The lowest BCUT2D eigenvalue weighted by atomic mass is 10.1. The minimum atomic E-state index is 0.0990. The van der Waals surface area contributed by atoms with Crippen molar-refractivity contribution in [3.05, 3.63) is 60.1 Å². The molecule has 0 spiro atoms. The highest BCUT2D eigenvalue weighted by molar-refractivity contribution is 6.21. The van der Waals surface area contributed by atoms with Crippen molar-refractivity contribution in [2.45, 2.75) is 6.92 Å². The molecule has 2 aromatic rings. The number of carbonyl (C=O) groups excluding carboxylic acids is 1. The number of aromatic nitrogens is 2.